The van der Waals surface area contributed by atoms with E-state index in [-0.39, 0.29) is 0 Å². The molecule has 1 aromatic heterocycles. The SMILES string of the molecule is CN1CCCN(CCCN=C(N)NCCc2cccs2)CC1. The molecule has 22 heavy (non-hydrogen) atoms. The molecule has 0 atom stereocenters. The van der Waals surface area contributed by atoms with Crippen LogP contribution in [0.4, 0.5) is 0 Å². The number of guanidine groups is 1. The quantitative estimate of drug-likeness (QED) is 0.450. The highest BCUT2D eigenvalue weighted by atomic mass is 32.1. The molecule has 1 aromatic rings. The van der Waals surface area contributed by atoms with E-state index in [0.717, 1.165) is 32.5 Å². The Balaban J connectivity index is 1.54. The molecule has 0 aromatic carbocycles. The molecule has 1 fully saturated rings. The zero-order valence-corrected chi connectivity index (χ0v) is 14.4. The lowest BCUT2D eigenvalue weighted by Gasteiger charge is -2.19. The fraction of sp³-hybridized carbons (Fsp3) is 0.688. The summed E-state index contributed by atoms with van der Waals surface area (Å²) in [4.78, 5) is 10.7. The Morgan fingerprint density at radius 2 is 2.27 bits per heavy atom. The maximum Gasteiger partial charge on any atom is 0.188 e. The van der Waals surface area contributed by atoms with Gasteiger partial charge < -0.3 is 20.9 Å². The lowest BCUT2D eigenvalue weighted by molar-refractivity contribution is 0.275. The van der Waals surface area contributed by atoms with Gasteiger partial charge >= 0.3 is 0 Å². The van der Waals surface area contributed by atoms with Crippen molar-refractivity contribution in [1.29, 1.82) is 0 Å². The summed E-state index contributed by atoms with van der Waals surface area (Å²) in [5.74, 6) is 0.576. The van der Waals surface area contributed by atoms with E-state index < -0.39 is 0 Å². The fourth-order valence-corrected chi connectivity index (χ4v) is 3.35. The minimum absolute atomic E-state index is 0.576. The highest BCUT2D eigenvalue weighted by Crippen LogP contribution is 2.07. The van der Waals surface area contributed by atoms with Crippen LogP contribution in [-0.4, -0.2) is 68.6 Å². The molecule has 1 aliphatic rings. The Bertz CT molecular complexity index is 432. The number of rotatable bonds is 7. The molecule has 0 aliphatic carbocycles. The van der Waals surface area contributed by atoms with Crippen molar-refractivity contribution in [3.05, 3.63) is 22.4 Å². The summed E-state index contributed by atoms with van der Waals surface area (Å²) < 4.78 is 0. The van der Waals surface area contributed by atoms with E-state index in [1.165, 1.54) is 37.5 Å². The number of hydrogen-bond donors (Lipinski definition) is 2. The summed E-state index contributed by atoms with van der Waals surface area (Å²) in [5.41, 5.74) is 5.90. The average Bonchev–Trinajstić information content (AvgIpc) is 2.93. The lowest BCUT2D eigenvalue weighted by Crippen LogP contribution is -2.33. The largest absolute Gasteiger partial charge is 0.370 e. The normalized spacial score (nSPS) is 18.3. The predicted octanol–water partition coefficient (Wildman–Crippen LogP) is 1.22. The van der Waals surface area contributed by atoms with Crippen LogP contribution < -0.4 is 11.1 Å². The second-order valence-corrected chi connectivity index (χ2v) is 6.91. The first-order valence-electron chi connectivity index (χ1n) is 8.21. The Morgan fingerprint density at radius 1 is 1.36 bits per heavy atom. The van der Waals surface area contributed by atoms with Gasteiger partial charge in [-0.05, 0) is 57.4 Å². The topological polar surface area (TPSA) is 56.9 Å². The third-order valence-electron chi connectivity index (χ3n) is 3.98. The Kier molecular flexibility index (Phi) is 7.70. The van der Waals surface area contributed by atoms with Crippen molar-refractivity contribution in [1.82, 2.24) is 15.1 Å². The van der Waals surface area contributed by atoms with Gasteiger partial charge in [0.1, 0.15) is 0 Å². The highest BCUT2D eigenvalue weighted by Gasteiger charge is 2.10. The molecule has 0 amide bonds. The van der Waals surface area contributed by atoms with Gasteiger partial charge in [-0.3, -0.25) is 4.99 Å². The minimum atomic E-state index is 0.576. The van der Waals surface area contributed by atoms with Gasteiger partial charge in [-0.1, -0.05) is 6.07 Å². The van der Waals surface area contributed by atoms with Gasteiger partial charge in [0.05, 0.1) is 0 Å². The number of likely N-dealkylation sites (N-methyl/N-ethyl adjacent to an activating group) is 1. The van der Waals surface area contributed by atoms with Crippen molar-refractivity contribution in [2.45, 2.75) is 19.3 Å². The van der Waals surface area contributed by atoms with E-state index in [1.54, 1.807) is 11.3 Å². The summed E-state index contributed by atoms with van der Waals surface area (Å²) in [6.07, 6.45) is 3.36. The van der Waals surface area contributed by atoms with Crippen molar-refractivity contribution in [3.8, 4) is 0 Å². The number of nitrogens with zero attached hydrogens (tertiary/aromatic N) is 3. The number of nitrogens with one attached hydrogen (secondary N) is 1. The van der Waals surface area contributed by atoms with Gasteiger partial charge in [-0.25, -0.2) is 0 Å². The molecule has 0 unspecified atom stereocenters. The average molecular weight is 324 g/mol. The molecule has 1 saturated heterocycles. The number of aliphatic imine (C=N–C) groups is 1. The summed E-state index contributed by atoms with van der Waals surface area (Å²) in [5, 5.41) is 5.29. The van der Waals surface area contributed by atoms with Crippen molar-refractivity contribution < 1.29 is 0 Å². The lowest BCUT2D eigenvalue weighted by atomic mass is 10.3. The number of hydrogen-bond acceptors (Lipinski definition) is 4. The minimum Gasteiger partial charge on any atom is -0.370 e. The molecule has 0 bridgehead atoms. The van der Waals surface area contributed by atoms with Gasteiger partial charge in [-0.15, -0.1) is 11.3 Å². The first-order chi connectivity index (χ1) is 10.7. The van der Waals surface area contributed by atoms with Crippen LogP contribution in [0.25, 0.3) is 0 Å². The fourth-order valence-electron chi connectivity index (χ4n) is 2.64. The van der Waals surface area contributed by atoms with E-state index in [9.17, 15) is 0 Å². The van der Waals surface area contributed by atoms with Gasteiger partial charge in [0, 0.05) is 31.1 Å². The van der Waals surface area contributed by atoms with Crippen LogP contribution in [0.3, 0.4) is 0 Å². The van der Waals surface area contributed by atoms with E-state index in [0.29, 0.717) is 5.96 Å². The first kappa shape index (κ1) is 17.2. The van der Waals surface area contributed by atoms with Crippen LogP contribution in [0.2, 0.25) is 0 Å². The highest BCUT2D eigenvalue weighted by molar-refractivity contribution is 7.09. The Labute approximate surface area is 138 Å². The molecule has 1 aliphatic heterocycles. The van der Waals surface area contributed by atoms with Crippen molar-refractivity contribution >= 4 is 17.3 Å². The van der Waals surface area contributed by atoms with Gasteiger partial charge in [0.2, 0.25) is 0 Å². The molecule has 6 heteroatoms. The molecule has 3 N–H and O–H groups in total. The summed E-state index contributed by atoms with van der Waals surface area (Å²) >= 11 is 1.78. The van der Waals surface area contributed by atoms with E-state index in [2.05, 4.69) is 44.7 Å². The monoisotopic (exact) mass is 323 g/mol. The van der Waals surface area contributed by atoms with Crippen LogP contribution >= 0.6 is 11.3 Å². The third kappa shape index (κ3) is 6.77. The zero-order valence-electron chi connectivity index (χ0n) is 13.6. The first-order valence-corrected chi connectivity index (χ1v) is 9.09. The molecule has 0 spiro atoms. The van der Waals surface area contributed by atoms with Gasteiger partial charge in [0.15, 0.2) is 5.96 Å². The van der Waals surface area contributed by atoms with Gasteiger partial charge in [-0.2, -0.15) is 0 Å². The number of nitrogens with two attached hydrogens (primary N) is 1. The van der Waals surface area contributed by atoms with Crippen LogP contribution in [-0.2, 0) is 6.42 Å². The number of thiophene rings is 1. The van der Waals surface area contributed by atoms with E-state index >= 15 is 0 Å². The molecule has 124 valence electrons. The summed E-state index contributed by atoms with van der Waals surface area (Å²) in [6, 6.07) is 4.23. The maximum atomic E-state index is 5.90. The molecular formula is C16H29N5S. The third-order valence-corrected chi connectivity index (χ3v) is 4.92. The molecule has 0 saturated carbocycles. The molecule has 0 radical (unpaired) electrons. The Hall–Kier alpha value is -1.11. The van der Waals surface area contributed by atoms with Crippen molar-refractivity contribution in [3.63, 3.8) is 0 Å². The molecule has 2 rings (SSSR count). The summed E-state index contributed by atoms with van der Waals surface area (Å²) in [7, 11) is 2.20. The van der Waals surface area contributed by atoms with Crippen LogP contribution in [0, 0.1) is 0 Å². The van der Waals surface area contributed by atoms with E-state index in [1.807, 2.05) is 0 Å². The molecule has 2 heterocycles. The Morgan fingerprint density at radius 3 is 3.09 bits per heavy atom. The predicted molar refractivity (Wildman–Crippen MR) is 95.7 cm³/mol. The molecule has 5 nitrogen and oxygen atoms in total. The van der Waals surface area contributed by atoms with Crippen LogP contribution in [0.5, 0.6) is 0 Å². The van der Waals surface area contributed by atoms with Crippen molar-refractivity contribution in [2.75, 3.05) is 52.9 Å². The smallest absolute Gasteiger partial charge is 0.188 e. The zero-order chi connectivity index (χ0) is 15.6. The van der Waals surface area contributed by atoms with E-state index in [4.69, 9.17) is 5.73 Å². The second kappa shape index (κ2) is 9.82. The van der Waals surface area contributed by atoms with Crippen LogP contribution in [0.1, 0.15) is 17.7 Å². The van der Waals surface area contributed by atoms with Crippen molar-refractivity contribution in [2.24, 2.45) is 10.7 Å². The maximum absolute atomic E-state index is 5.90. The standard InChI is InChI=1S/C16H29N5S/c1-20-9-4-11-21(13-12-20)10-3-7-18-16(17)19-8-6-15-5-2-14-22-15/h2,5,14H,3-4,6-13H2,1H3,(H3,17,18,19). The van der Waals surface area contributed by atoms with Crippen LogP contribution in [0.15, 0.2) is 22.5 Å². The second-order valence-electron chi connectivity index (χ2n) is 5.88. The summed E-state index contributed by atoms with van der Waals surface area (Å²) in [6.45, 7) is 7.57. The molecular weight excluding hydrogens is 294 g/mol. The van der Waals surface area contributed by atoms with Gasteiger partial charge in [0.25, 0.3) is 0 Å².